The number of benzene rings is 1. The number of aliphatic hydroxyl groups excluding tert-OH is 1. The van der Waals surface area contributed by atoms with Gasteiger partial charge in [0.25, 0.3) is 5.69 Å². The topological polar surface area (TPSA) is 72.6 Å². The maximum absolute atomic E-state index is 10.8. The van der Waals surface area contributed by atoms with Gasteiger partial charge in [0.1, 0.15) is 5.75 Å². The molecular formula is C11H15NO4. The summed E-state index contributed by atoms with van der Waals surface area (Å²) in [7, 11) is 1.51. The molecule has 5 nitrogen and oxygen atoms in total. The Balaban J connectivity index is 2.96. The number of ether oxygens (including phenoxy) is 1. The maximum atomic E-state index is 10.8. The number of nitro benzene ring substituents is 1. The van der Waals surface area contributed by atoms with E-state index in [0.717, 1.165) is 0 Å². The average Bonchev–Trinajstić information content (AvgIpc) is 2.25. The minimum atomic E-state index is -0.467. The molecule has 0 heterocycles. The maximum Gasteiger partial charge on any atom is 0.272 e. The van der Waals surface area contributed by atoms with Crippen molar-refractivity contribution < 1.29 is 14.8 Å². The number of hydrogen-bond acceptors (Lipinski definition) is 4. The van der Waals surface area contributed by atoms with E-state index in [1.165, 1.54) is 13.2 Å². The van der Waals surface area contributed by atoms with E-state index in [-0.39, 0.29) is 5.69 Å². The summed E-state index contributed by atoms with van der Waals surface area (Å²) in [4.78, 5) is 10.3. The van der Waals surface area contributed by atoms with Gasteiger partial charge < -0.3 is 9.84 Å². The number of aryl methyl sites for hydroxylation is 1. The Morgan fingerprint density at radius 2 is 2.25 bits per heavy atom. The Morgan fingerprint density at radius 3 is 2.75 bits per heavy atom. The molecule has 5 heteroatoms. The van der Waals surface area contributed by atoms with E-state index in [4.69, 9.17) is 9.84 Å². The fourth-order valence-electron chi connectivity index (χ4n) is 1.43. The van der Waals surface area contributed by atoms with Crippen molar-refractivity contribution in [1.29, 1.82) is 0 Å². The molecule has 1 N–H and O–H groups in total. The smallest absolute Gasteiger partial charge is 0.272 e. The highest BCUT2D eigenvalue weighted by Gasteiger charge is 2.14. The zero-order valence-corrected chi connectivity index (χ0v) is 9.34. The van der Waals surface area contributed by atoms with Gasteiger partial charge in [-0.1, -0.05) is 0 Å². The van der Waals surface area contributed by atoms with E-state index >= 15 is 0 Å². The summed E-state index contributed by atoms with van der Waals surface area (Å²) in [6.45, 7) is 1.66. The van der Waals surface area contributed by atoms with Gasteiger partial charge in [-0.05, 0) is 31.9 Å². The van der Waals surface area contributed by atoms with Crippen LogP contribution in [0.15, 0.2) is 18.2 Å². The first kappa shape index (κ1) is 12.4. The Hall–Kier alpha value is -1.62. The van der Waals surface area contributed by atoms with Crippen LogP contribution >= 0.6 is 0 Å². The molecule has 0 unspecified atom stereocenters. The zero-order chi connectivity index (χ0) is 12.1. The largest absolute Gasteiger partial charge is 0.497 e. The molecule has 0 aliphatic rings. The highest BCUT2D eigenvalue weighted by atomic mass is 16.6. The Kier molecular flexibility index (Phi) is 4.25. The van der Waals surface area contributed by atoms with E-state index in [0.29, 0.717) is 24.2 Å². The van der Waals surface area contributed by atoms with E-state index in [2.05, 4.69) is 0 Å². The SMILES string of the molecule is COc1ccc([N+](=O)[O-])c(CC[C@@H](C)O)c1. The molecule has 88 valence electrons. The fraction of sp³-hybridized carbons (Fsp3) is 0.455. The van der Waals surface area contributed by atoms with Crippen LogP contribution < -0.4 is 4.74 Å². The lowest BCUT2D eigenvalue weighted by Gasteiger charge is -2.07. The number of methoxy groups -OCH3 is 1. The zero-order valence-electron chi connectivity index (χ0n) is 9.34. The lowest BCUT2D eigenvalue weighted by atomic mass is 10.1. The van der Waals surface area contributed by atoms with Crippen LogP contribution in [-0.4, -0.2) is 23.2 Å². The van der Waals surface area contributed by atoms with E-state index in [1.807, 2.05) is 0 Å². The predicted molar refractivity (Wildman–Crippen MR) is 59.7 cm³/mol. The number of aliphatic hydroxyl groups is 1. The quantitative estimate of drug-likeness (QED) is 0.613. The molecule has 1 aromatic rings. The van der Waals surface area contributed by atoms with Crippen LogP contribution in [-0.2, 0) is 6.42 Å². The molecule has 1 aromatic carbocycles. The second-order valence-corrected chi connectivity index (χ2v) is 3.64. The number of nitro groups is 1. The summed E-state index contributed by atoms with van der Waals surface area (Å²) >= 11 is 0. The van der Waals surface area contributed by atoms with Crippen molar-refractivity contribution in [1.82, 2.24) is 0 Å². The molecule has 1 rings (SSSR count). The Morgan fingerprint density at radius 1 is 1.56 bits per heavy atom. The highest BCUT2D eigenvalue weighted by molar-refractivity contribution is 5.45. The molecular weight excluding hydrogens is 210 g/mol. The van der Waals surface area contributed by atoms with Gasteiger partial charge in [0.15, 0.2) is 0 Å². The molecule has 0 amide bonds. The van der Waals surface area contributed by atoms with Crippen LogP contribution in [0.2, 0.25) is 0 Å². The Labute approximate surface area is 93.8 Å². The van der Waals surface area contributed by atoms with Crippen molar-refractivity contribution in [2.45, 2.75) is 25.9 Å². The van der Waals surface area contributed by atoms with Gasteiger partial charge in [-0.25, -0.2) is 0 Å². The van der Waals surface area contributed by atoms with Crippen LogP contribution in [0.5, 0.6) is 5.75 Å². The summed E-state index contributed by atoms with van der Waals surface area (Å²) in [5.74, 6) is 0.589. The van der Waals surface area contributed by atoms with Gasteiger partial charge in [0, 0.05) is 11.6 Å². The lowest BCUT2D eigenvalue weighted by molar-refractivity contribution is -0.385. The van der Waals surface area contributed by atoms with Gasteiger partial charge in [0.2, 0.25) is 0 Å². The van der Waals surface area contributed by atoms with E-state index in [9.17, 15) is 10.1 Å². The average molecular weight is 225 g/mol. The van der Waals surface area contributed by atoms with Crippen molar-refractivity contribution in [3.8, 4) is 5.75 Å². The first-order valence-electron chi connectivity index (χ1n) is 5.04. The summed E-state index contributed by atoms with van der Waals surface area (Å²) < 4.78 is 5.01. The number of rotatable bonds is 5. The first-order valence-corrected chi connectivity index (χ1v) is 5.04. The second-order valence-electron chi connectivity index (χ2n) is 3.64. The third-order valence-corrected chi connectivity index (χ3v) is 2.31. The highest BCUT2D eigenvalue weighted by Crippen LogP contribution is 2.25. The van der Waals surface area contributed by atoms with Crippen molar-refractivity contribution in [2.24, 2.45) is 0 Å². The van der Waals surface area contributed by atoms with Crippen LogP contribution in [0.4, 0.5) is 5.69 Å². The number of hydrogen-bond donors (Lipinski definition) is 1. The molecule has 0 saturated heterocycles. The molecule has 0 aliphatic heterocycles. The van der Waals surface area contributed by atoms with Crippen LogP contribution in [0.1, 0.15) is 18.9 Å². The predicted octanol–water partition coefficient (Wildman–Crippen LogP) is 1.92. The molecule has 0 fully saturated rings. The monoisotopic (exact) mass is 225 g/mol. The molecule has 0 aromatic heterocycles. The molecule has 0 bridgehead atoms. The van der Waals surface area contributed by atoms with Gasteiger partial charge in [-0.2, -0.15) is 0 Å². The summed E-state index contributed by atoms with van der Waals surface area (Å²) in [5, 5.41) is 19.9. The van der Waals surface area contributed by atoms with Crippen molar-refractivity contribution in [3.05, 3.63) is 33.9 Å². The van der Waals surface area contributed by atoms with Crippen LogP contribution in [0.3, 0.4) is 0 Å². The minimum Gasteiger partial charge on any atom is -0.497 e. The van der Waals surface area contributed by atoms with Gasteiger partial charge in [0.05, 0.1) is 18.1 Å². The summed E-state index contributed by atoms with van der Waals surface area (Å²) in [5.41, 5.74) is 0.659. The van der Waals surface area contributed by atoms with Crippen LogP contribution in [0, 0.1) is 10.1 Å². The first-order chi connectivity index (χ1) is 7.54. The lowest BCUT2D eigenvalue weighted by Crippen LogP contribution is -2.03. The van der Waals surface area contributed by atoms with Crippen molar-refractivity contribution in [3.63, 3.8) is 0 Å². The molecule has 16 heavy (non-hydrogen) atoms. The van der Waals surface area contributed by atoms with Gasteiger partial charge in [-0.15, -0.1) is 0 Å². The van der Waals surface area contributed by atoms with Crippen LogP contribution in [0.25, 0.3) is 0 Å². The van der Waals surface area contributed by atoms with E-state index < -0.39 is 11.0 Å². The van der Waals surface area contributed by atoms with E-state index in [1.54, 1.807) is 19.1 Å². The standard InChI is InChI=1S/C11H15NO4/c1-8(13)3-4-9-7-10(16-2)5-6-11(9)12(14)15/h5-8,13H,3-4H2,1-2H3/t8-/m1/s1. The van der Waals surface area contributed by atoms with Crippen molar-refractivity contribution >= 4 is 5.69 Å². The van der Waals surface area contributed by atoms with Gasteiger partial charge in [-0.3, -0.25) is 10.1 Å². The molecule has 0 saturated carbocycles. The summed E-state index contributed by atoms with van der Waals surface area (Å²) in [6, 6.07) is 4.63. The van der Waals surface area contributed by atoms with Gasteiger partial charge >= 0.3 is 0 Å². The molecule has 0 spiro atoms. The fourth-order valence-corrected chi connectivity index (χ4v) is 1.43. The minimum absolute atomic E-state index is 0.0708. The molecule has 0 radical (unpaired) electrons. The number of nitrogens with zero attached hydrogens (tertiary/aromatic N) is 1. The third kappa shape index (κ3) is 3.20. The normalized spacial score (nSPS) is 12.2. The third-order valence-electron chi connectivity index (χ3n) is 2.31. The molecule has 1 atom stereocenters. The molecule has 0 aliphatic carbocycles. The van der Waals surface area contributed by atoms with Crippen molar-refractivity contribution in [2.75, 3.05) is 7.11 Å². The Bertz CT molecular complexity index is 376. The second kappa shape index (κ2) is 5.46. The summed E-state index contributed by atoms with van der Waals surface area (Å²) in [6.07, 6.45) is 0.491.